The van der Waals surface area contributed by atoms with Crippen LogP contribution >= 0.6 is 0 Å². The molecule has 1 amide bonds. The molecule has 0 fully saturated rings. The Hall–Kier alpha value is -2.47. The monoisotopic (exact) mass is 385 g/mol. The van der Waals surface area contributed by atoms with Crippen LogP contribution in [-0.2, 0) is 22.0 Å². The maximum absolute atomic E-state index is 12.7. The number of carbonyl (C=O) groups excluding carboxylic acids is 2. The van der Waals surface area contributed by atoms with E-state index in [1.165, 1.54) is 6.92 Å². The average molecular weight is 385 g/mol. The van der Waals surface area contributed by atoms with Crippen molar-refractivity contribution in [1.82, 2.24) is 0 Å². The fourth-order valence-corrected chi connectivity index (χ4v) is 4.18. The van der Waals surface area contributed by atoms with Gasteiger partial charge < -0.3 is 9.64 Å². The van der Waals surface area contributed by atoms with Crippen molar-refractivity contribution in [2.75, 3.05) is 23.0 Å². The Morgan fingerprint density at radius 2 is 1.85 bits per heavy atom. The minimum Gasteiger partial charge on any atom is -0.492 e. The number of fused-ring (bicyclic) bond motifs is 1. The van der Waals surface area contributed by atoms with Gasteiger partial charge in [-0.25, -0.2) is 0 Å². The van der Waals surface area contributed by atoms with Crippen LogP contribution < -0.4 is 9.64 Å². The molecule has 0 saturated carbocycles. The molecule has 3 rings (SSSR count). The van der Waals surface area contributed by atoms with Crippen LogP contribution in [-0.4, -0.2) is 40.1 Å². The van der Waals surface area contributed by atoms with Crippen LogP contribution in [0, 0.1) is 0 Å². The molecule has 27 heavy (non-hydrogen) atoms. The van der Waals surface area contributed by atoms with Crippen LogP contribution in [0.15, 0.2) is 48.5 Å². The summed E-state index contributed by atoms with van der Waals surface area (Å²) in [6.07, 6.45) is 0.819. The molecule has 0 spiro atoms. The Labute approximate surface area is 161 Å². The van der Waals surface area contributed by atoms with Gasteiger partial charge in [-0.05, 0) is 44.0 Å². The summed E-state index contributed by atoms with van der Waals surface area (Å²) in [5.74, 6) is 0.479. The van der Waals surface area contributed by atoms with Gasteiger partial charge in [0.05, 0.1) is 17.9 Å². The number of ether oxygens (including phenoxy) is 1. The van der Waals surface area contributed by atoms with E-state index < -0.39 is 10.8 Å². The van der Waals surface area contributed by atoms with Gasteiger partial charge in [0.25, 0.3) is 0 Å². The number of para-hydroxylation sites is 2. The lowest BCUT2D eigenvalue weighted by molar-refractivity contribution is -0.116. The number of carbonyl (C=O) groups is 2. The molecule has 2 aromatic carbocycles. The van der Waals surface area contributed by atoms with Crippen molar-refractivity contribution in [1.29, 1.82) is 0 Å². The van der Waals surface area contributed by atoms with Gasteiger partial charge in [-0.1, -0.05) is 30.3 Å². The molecule has 1 heterocycles. The Balaban J connectivity index is 1.54. The second kappa shape index (κ2) is 8.48. The zero-order valence-electron chi connectivity index (χ0n) is 15.5. The first-order valence-corrected chi connectivity index (χ1v) is 10.4. The van der Waals surface area contributed by atoms with Gasteiger partial charge in [0.15, 0.2) is 5.78 Å². The molecule has 6 heteroatoms. The number of rotatable bonds is 7. The highest BCUT2D eigenvalue weighted by Gasteiger charge is 2.31. The van der Waals surface area contributed by atoms with Crippen molar-refractivity contribution in [2.24, 2.45) is 0 Å². The van der Waals surface area contributed by atoms with Crippen molar-refractivity contribution in [3.8, 4) is 5.75 Å². The van der Waals surface area contributed by atoms with E-state index in [1.54, 1.807) is 29.2 Å². The van der Waals surface area contributed by atoms with E-state index in [9.17, 15) is 13.8 Å². The summed E-state index contributed by atoms with van der Waals surface area (Å²) in [7, 11) is -1.33. The summed E-state index contributed by atoms with van der Waals surface area (Å²) in [4.78, 5) is 26.0. The SMILES string of the molecule is CC(=O)c1ccccc1OCCS(=O)CC(=O)N1c2ccccc2CC1C. The third-order valence-electron chi connectivity index (χ3n) is 4.60. The molecule has 5 nitrogen and oxygen atoms in total. The van der Waals surface area contributed by atoms with Gasteiger partial charge in [-0.3, -0.25) is 13.8 Å². The molecule has 2 atom stereocenters. The summed E-state index contributed by atoms with van der Waals surface area (Å²) in [5, 5.41) is 0. The van der Waals surface area contributed by atoms with Gasteiger partial charge in [0.2, 0.25) is 5.91 Å². The molecular formula is C21H23NO4S. The van der Waals surface area contributed by atoms with Gasteiger partial charge in [-0.2, -0.15) is 0 Å². The third kappa shape index (κ3) is 4.45. The lowest BCUT2D eigenvalue weighted by atomic mass is 10.1. The Morgan fingerprint density at radius 3 is 2.63 bits per heavy atom. The minimum absolute atomic E-state index is 0.0314. The maximum atomic E-state index is 12.7. The lowest BCUT2D eigenvalue weighted by Gasteiger charge is -2.22. The van der Waals surface area contributed by atoms with Crippen LogP contribution in [0.2, 0.25) is 0 Å². The number of ketones is 1. The van der Waals surface area contributed by atoms with Crippen LogP contribution in [0.1, 0.15) is 29.8 Å². The molecule has 0 bridgehead atoms. The number of benzene rings is 2. The summed E-state index contributed by atoms with van der Waals surface area (Å²) >= 11 is 0. The van der Waals surface area contributed by atoms with Crippen molar-refractivity contribution in [3.05, 3.63) is 59.7 Å². The van der Waals surface area contributed by atoms with E-state index >= 15 is 0 Å². The van der Waals surface area contributed by atoms with Crippen molar-refractivity contribution < 1.29 is 18.5 Å². The van der Waals surface area contributed by atoms with Gasteiger partial charge in [0.1, 0.15) is 11.5 Å². The lowest BCUT2D eigenvalue weighted by Crippen LogP contribution is -2.39. The van der Waals surface area contributed by atoms with E-state index in [-0.39, 0.29) is 35.8 Å². The topological polar surface area (TPSA) is 63.7 Å². The Morgan fingerprint density at radius 1 is 1.15 bits per heavy atom. The summed E-state index contributed by atoms with van der Waals surface area (Å²) < 4.78 is 18.0. The Bertz CT molecular complexity index is 880. The van der Waals surface area contributed by atoms with E-state index in [2.05, 4.69) is 0 Å². The number of amides is 1. The van der Waals surface area contributed by atoms with Crippen LogP contribution in [0.25, 0.3) is 0 Å². The van der Waals surface area contributed by atoms with Crippen LogP contribution in [0.5, 0.6) is 5.75 Å². The predicted octanol–water partition coefficient (Wildman–Crippen LogP) is 2.99. The summed E-state index contributed by atoms with van der Waals surface area (Å²) in [6, 6.07) is 14.9. The maximum Gasteiger partial charge on any atom is 0.239 e. The van der Waals surface area contributed by atoms with Gasteiger partial charge in [-0.15, -0.1) is 0 Å². The van der Waals surface area contributed by atoms with Crippen molar-refractivity contribution in [3.63, 3.8) is 0 Å². The number of nitrogens with zero attached hydrogens (tertiary/aromatic N) is 1. The molecule has 0 N–H and O–H groups in total. The zero-order chi connectivity index (χ0) is 19.4. The van der Waals surface area contributed by atoms with Crippen LogP contribution in [0.4, 0.5) is 5.69 Å². The quantitative estimate of drug-likeness (QED) is 0.688. The number of anilines is 1. The highest BCUT2D eigenvalue weighted by Crippen LogP contribution is 2.31. The highest BCUT2D eigenvalue weighted by molar-refractivity contribution is 7.85. The smallest absolute Gasteiger partial charge is 0.239 e. The Kier molecular flexibility index (Phi) is 6.06. The zero-order valence-corrected chi connectivity index (χ0v) is 16.3. The molecule has 142 valence electrons. The second-order valence-electron chi connectivity index (χ2n) is 6.63. The van der Waals surface area contributed by atoms with Crippen LogP contribution in [0.3, 0.4) is 0 Å². The first-order valence-electron chi connectivity index (χ1n) is 8.95. The normalized spacial score (nSPS) is 16.7. The van der Waals surface area contributed by atoms with E-state index in [0.29, 0.717) is 11.3 Å². The molecule has 2 unspecified atom stereocenters. The van der Waals surface area contributed by atoms with E-state index in [0.717, 1.165) is 17.7 Å². The summed E-state index contributed by atoms with van der Waals surface area (Å²) in [6.45, 7) is 3.67. The predicted molar refractivity (Wildman–Crippen MR) is 107 cm³/mol. The molecule has 0 radical (unpaired) electrons. The first-order chi connectivity index (χ1) is 13.0. The van der Waals surface area contributed by atoms with E-state index in [1.807, 2.05) is 31.2 Å². The minimum atomic E-state index is -1.33. The third-order valence-corrected chi connectivity index (χ3v) is 5.79. The number of hydrogen-bond donors (Lipinski definition) is 0. The molecular weight excluding hydrogens is 362 g/mol. The molecule has 0 saturated heterocycles. The number of hydrogen-bond acceptors (Lipinski definition) is 4. The van der Waals surface area contributed by atoms with Gasteiger partial charge >= 0.3 is 0 Å². The molecule has 1 aliphatic heterocycles. The molecule has 1 aliphatic rings. The largest absolute Gasteiger partial charge is 0.492 e. The fourth-order valence-electron chi connectivity index (χ4n) is 3.35. The highest BCUT2D eigenvalue weighted by atomic mass is 32.2. The first kappa shape index (κ1) is 19.3. The molecule has 2 aromatic rings. The second-order valence-corrected chi connectivity index (χ2v) is 8.21. The van der Waals surface area contributed by atoms with Crippen molar-refractivity contribution >= 4 is 28.2 Å². The average Bonchev–Trinajstić information content (AvgIpc) is 2.97. The number of Topliss-reactive ketones (excluding diaryl/α,β-unsaturated/α-hetero) is 1. The standard InChI is InChI=1S/C21H23NO4S/c1-15-13-17-7-3-5-9-19(17)22(15)21(24)14-27(25)12-11-26-20-10-6-4-8-18(20)16(2)23/h3-10,15H,11-14H2,1-2H3. The fraction of sp³-hybridized carbons (Fsp3) is 0.333. The van der Waals surface area contributed by atoms with Crippen molar-refractivity contribution in [2.45, 2.75) is 26.3 Å². The molecule has 0 aliphatic carbocycles. The van der Waals surface area contributed by atoms with E-state index in [4.69, 9.17) is 4.74 Å². The summed E-state index contributed by atoms with van der Waals surface area (Å²) in [5.41, 5.74) is 2.56. The molecule has 0 aromatic heterocycles. The van der Waals surface area contributed by atoms with Gasteiger partial charge in [0, 0.05) is 22.5 Å².